The van der Waals surface area contributed by atoms with Gasteiger partial charge in [-0.15, -0.1) is 0 Å². The Labute approximate surface area is 186 Å². The van der Waals surface area contributed by atoms with Crippen molar-refractivity contribution in [3.05, 3.63) is 23.8 Å². The zero-order valence-electron chi connectivity index (χ0n) is 19.5. The molecule has 2 saturated heterocycles. The third-order valence-electron chi connectivity index (χ3n) is 6.18. The number of amides is 1. The first-order chi connectivity index (χ1) is 14.8. The molecule has 31 heavy (non-hydrogen) atoms. The Morgan fingerprint density at radius 2 is 1.87 bits per heavy atom. The molecule has 1 atom stereocenters. The number of hydrogen-bond acceptors (Lipinski definition) is 7. The number of aliphatic hydroxyl groups is 1. The minimum absolute atomic E-state index is 0.134. The van der Waals surface area contributed by atoms with E-state index < -0.39 is 5.60 Å². The van der Waals surface area contributed by atoms with Crippen molar-refractivity contribution in [2.45, 2.75) is 25.5 Å². The van der Waals surface area contributed by atoms with Crippen molar-refractivity contribution in [1.82, 2.24) is 19.6 Å². The van der Waals surface area contributed by atoms with Gasteiger partial charge in [0.15, 0.2) is 11.5 Å². The smallest absolute Gasteiger partial charge is 0.219 e. The summed E-state index contributed by atoms with van der Waals surface area (Å²) in [5.41, 5.74) is 0.452. The molecule has 1 amide bonds. The molecule has 2 heterocycles. The quantitative estimate of drug-likeness (QED) is 0.615. The first kappa shape index (κ1) is 23.8. The summed E-state index contributed by atoms with van der Waals surface area (Å²) in [6.45, 7) is 9.19. The van der Waals surface area contributed by atoms with Gasteiger partial charge in [-0.25, -0.2) is 0 Å². The number of carbonyl (C=O) groups excluding carboxylic acids is 1. The number of piperazine rings is 1. The minimum atomic E-state index is -0.697. The topological polar surface area (TPSA) is 68.7 Å². The number of benzene rings is 1. The molecule has 3 rings (SSSR count). The Kier molecular flexibility index (Phi) is 8.16. The molecule has 0 aromatic heterocycles. The maximum atomic E-state index is 11.5. The maximum Gasteiger partial charge on any atom is 0.219 e. The van der Waals surface area contributed by atoms with Crippen molar-refractivity contribution in [2.75, 3.05) is 80.2 Å². The van der Waals surface area contributed by atoms with Crippen LogP contribution in [-0.4, -0.2) is 116 Å². The number of carbonyl (C=O) groups is 1. The lowest BCUT2D eigenvalue weighted by Gasteiger charge is -2.38. The second-order valence-corrected chi connectivity index (χ2v) is 9.10. The van der Waals surface area contributed by atoms with Gasteiger partial charge in [-0.3, -0.25) is 14.6 Å². The molecule has 8 heteroatoms. The van der Waals surface area contributed by atoms with Crippen LogP contribution in [0.2, 0.25) is 0 Å². The van der Waals surface area contributed by atoms with E-state index in [4.69, 9.17) is 9.47 Å². The molecule has 0 bridgehead atoms. The zero-order valence-corrected chi connectivity index (χ0v) is 19.5. The summed E-state index contributed by atoms with van der Waals surface area (Å²) < 4.78 is 11.4. The molecule has 8 nitrogen and oxygen atoms in total. The van der Waals surface area contributed by atoms with Gasteiger partial charge in [0.05, 0.1) is 12.7 Å². The highest BCUT2D eigenvalue weighted by Gasteiger charge is 2.38. The summed E-state index contributed by atoms with van der Waals surface area (Å²) in [4.78, 5) is 20.0. The highest BCUT2D eigenvalue weighted by Crippen LogP contribution is 2.30. The lowest BCUT2D eigenvalue weighted by atomic mass is 10.0. The van der Waals surface area contributed by atoms with Crippen molar-refractivity contribution in [3.8, 4) is 11.5 Å². The van der Waals surface area contributed by atoms with Crippen LogP contribution < -0.4 is 9.47 Å². The molecule has 0 aliphatic carbocycles. The molecular weight excluding hydrogens is 396 g/mol. The summed E-state index contributed by atoms with van der Waals surface area (Å²) in [5, 5.41) is 11.1. The minimum Gasteiger partial charge on any atom is -0.493 e. The van der Waals surface area contributed by atoms with E-state index in [1.807, 2.05) is 31.1 Å². The summed E-state index contributed by atoms with van der Waals surface area (Å²) in [6.07, 6.45) is 0.767. The molecule has 0 saturated carbocycles. The van der Waals surface area contributed by atoms with Crippen LogP contribution >= 0.6 is 0 Å². The van der Waals surface area contributed by atoms with Crippen molar-refractivity contribution in [3.63, 3.8) is 0 Å². The van der Waals surface area contributed by atoms with Crippen molar-refractivity contribution >= 4 is 5.91 Å². The number of likely N-dealkylation sites (tertiary alicyclic amines) is 1. The van der Waals surface area contributed by atoms with Gasteiger partial charge in [0.25, 0.3) is 0 Å². The Morgan fingerprint density at radius 3 is 2.52 bits per heavy atom. The Hall–Kier alpha value is -1.87. The number of ether oxygens (including phenoxy) is 2. The summed E-state index contributed by atoms with van der Waals surface area (Å²) in [6, 6.07) is 6.08. The summed E-state index contributed by atoms with van der Waals surface area (Å²) in [5.74, 6) is 1.64. The molecule has 1 N–H and O–H groups in total. The van der Waals surface area contributed by atoms with Gasteiger partial charge in [-0.1, -0.05) is 6.07 Å². The fourth-order valence-electron chi connectivity index (χ4n) is 4.37. The Bertz CT molecular complexity index is 736. The molecule has 0 radical (unpaired) electrons. The van der Waals surface area contributed by atoms with Crippen LogP contribution in [0.4, 0.5) is 0 Å². The third-order valence-corrected chi connectivity index (χ3v) is 6.18. The van der Waals surface area contributed by atoms with Crippen molar-refractivity contribution in [2.24, 2.45) is 0 Å². The standard InChI is InChI=1S/C23H38N4O4/c1-19(28)27-11-9-25(10-12-27)17-23(29)7-8-26(18-23)16-20-5-6-21(22(15-20)30-4)31-14-13-24(2)3/h5-6,15,29H,7-14,16-18H2,1-4H3. The number of rotatable bonds is 9. The molecule has 1 aromatic rings. The SMILES string of the molecule is COc1cc(CN2CCC(O)(CN3CCN(C(C)=O)CC3)C2)ccc1OCCN(C)C. The van der Waals surface area contributed by atoms with E-state index in [2.05, 4.69) is 20.8 Å². The number of likely N-dealkylation sites (N-methyl/N-ethyl adjacent to an activating group) is 1. The van der Waals surface area contributed by atoms with E-state index in [0.717, 1.165) is 69.3 Å². The Morgan fingerprint density at radius 1 is 1.13 bits per heavy atom. The first-order valence-corrected chi connectivity index (χ1v) is 11.1. The van der Waals surface area contributed by atoms with Crippen LogP contribution in [0, 0.1) is 0 Å². The zero-order chi connectivity index (χ0) is 22.4. The number of methoxy groups -OCH3 is 1. The van der Waals surface area contributed by atoms with Crippen LogP contribution in [0.5, 0.6) is 11.5 Å². The van der Waals surface area contributed by atoms with Gasteiger partial charge in [0.2, 0.25) is 5.91 Å². The molecule has 2 fully saturated rings. The van der Waals surface area contributed by atoms with Gasteiger partial charge in [0.1, 0.15) is 6.61 Å². The average Bonchev–Trinajstić information content (AvgIpc) is 3.09. The highest BCUT2D eigenvalue weighted by atomic mass is 16.5. The number of hydrogen-bond donors (Lipinski definition) is 1. The Balaban J connectivity index is 1.50. The maximum absolute atomic E-state index is 11.5. The van der Waals surface area contributed by atoms with E-state index in [1.165, 1.54) is 0 Å². The lowest BCUT2D eigenvalue weighted by Crippen LogP contribution is -2.53. The van der Waals surface area contributed by atoms with E-state index in [9.17, 15) is 9.90 Å². The van der Waals surface area contributed by atoms with E-state index >= 15 is 0 Å². The predicted molar refractivity (Wildman–Crippen MR) is 121 cm³/mol. The van der Waals surface area contributed by atoms with Crippen LogP contribution in [-0.2, 0) is 11.3 Å². The number of β-amino-alcohol motifs (C(OH)–C–C–N with tert-alkyl or cyclic N) is 1. The molecule has 0 spiro atoms. The van der Waals surface area contributed by atoms with Gasteiger partial charge in [-0.2, -0.15) is 0 Å². The fraction of sp³-hybridized carbons (Fsp3) is 0.696. The largest absolute Gasteiger partial charge is 0.493 e. The molecule has 2 aliphatic rings. The fourth-order valence-corrected chi connectivity index (χ4v) is 4.37. The van der Waals surface area contributed by atoms with Crippen LogP contribution in [0.25, 0.3) is 0 Å². The second-order valence-electron chi connectivity index (χ2n) is 9.10. The molecule has 174 valence electrons. The second kappa shape index (κ2) is 10.6. The van der Waals surface area contributed by atoms with Crippen LogP contribution in [0.15, 0.2) is 18.2 Å². The molecule has 1 aromatic carbocycles. The van der Waals surface area contributed by atoms with Gasteiger partial charge in [0, 0.05) is 65.8 Å². The first-order valence-electron chi connectivity index (χ1n) is 11.1. The number of nitrogens with zero attached hydrogens (tertiary/aromatic N) is 4. The normalized spacial score (nSPS) is 22.8. The van der Waals surface area contributed by atoms with Gasteiger partial charge >= 0.3 is 0 Å². The summed E-state index contributed by atoms with van der Waals surface area (Å²) in [7, 11) is 5.71. The average molecular weight is 435 g/mol. The predicted octanol–water partition coefficient (Wildman–Crippen LogP) is 0.737. The molecular formula is C23H38N4O4. The molecule has 2 aliphatic heterocycles. The van der Waals surface area contributed by atoms with Crippen molar-refractivity contribution in [1.29, 1.82) is 0 Å². The monoisotopic (exact) mass is 434 g/mol. The van der Waals surface area contributed by atoms with E-state index in [0.29, 0.717) is 19.7 Å². The van der Waals surface area contributed by atoms with Gasteiger partial charge < -0.3 is 24.4 Å². The third kappa shape index (κ3) is 6.80. The summed E-state index contributed by atoms with van der Waals surface area (Å²) >= 11 is 0. The van der Waals surface area contributed by atoms with Gasteiger partial charge in [-0.05, 0) is 38.2 Å². The van der Waals surface area contributed by atoms with E-state index in [-0.39, 0.29) is 5.91 Å². The van der Waals surface area contributed by atoms with Crippen LogP contribution in [0.3, 0.4) is 0 Å². The van der Waals surface area contributed by atoms with E-state index in [1.54, 1.807) is 14.0 Å². The molecule has 1 unspecified atom stereocenters. The van der Waals surface area contributed by atoms with Crippen molar-refractivity contribution < 1.29 is 19.4 Å². The van der Waals surface area contributed by atoms with Crippen LogP contribution in [0.1, 0.15) is 18.9 Å². The lowest BCUT2D eigenvalue weighted by molar-refractivity contribution is -0.130. The highest BCUT2D eigenvalue weighted by molar-refractivity contribution is 5.73.